The van der Waals surface area contributed by atoms with Crippen LogP contribution < -0.4 is 0 Å². The lowest BCUT2D eigenvalue weighted by atomic mass is 9.77. The van der Waals surface area contributed by atoms with Crippen molar-refractivity contribution in [2.75, 3.05) is 6.61 Å². The highest BCUT2D eigenvalue weighted by Gasteiger charge is 2.58. The molecule has 0 radical (unpaired) electrons. The van der Waals surface area contributed by atoms with Crippen LogP contribution in [0.25, 0.3) is 0 Å². The molecule has 1 saturated carbocycles. The number of carbonyl (C=O) groups excluding carboxylic acids is 1. The van der Waals surface area contributed by atoms with Crippen LogP contribution in [-0.4, -0.2) is 29.7 Å². The third-order valence-electron chi connectivity index (χ3n) is 4.10. The first-order valence-electron chi connectivity index (χ1n) is 5.77. The minimum Gasteiger partial charge on any atom is -0.385 e. The molecular weight excluding hydrogens is 192 g/mol. The molecule has 3 rings (SSSR count). The van der Waals surface area contributed by atoms with Gasteiger partial charge in [0, 0.05) is 12.5 Å². The molecule has 4 atom stereocenters. The van der Waals surface area contributed by atoms with E-state index in [4.69, 9.17) is 4.74 Å². The van der Waals surface area contributed by atoms with Crippen molar-refractivity contribution < 1.29 is 14.6 Å². The van der Waals surface area contributed by atoms with Crippen molar-refractivity contribution in [3.63, 3.8) is 0 Å². The van der Waals surface area contributed by atoms with Gasteiger partial charge in [-0.2, -0.15) is 0 Å². The molecule has 15 heavy (non-hydrogen) atoms. The highest BCUT2D eigenvalue weighted by atomic mass is 16.5. The van der Waals surface area contributed by atoms with E-state index in [-0.39, 0.29) is 17.8 Å². The second-order valence-electron chi connectivity index (χ2n) is 4.93. The number of carbonyl (C=O) groups is 1. The SMILES string of the molecule is O=C1[C@@H](O)[C@H]2C=C[C@@]1([C@H]1CCCCO1)C2. The van der Waals surface area contributed by atoms with Crippen molar-refractivity contribution in [2.24, 2.45) is 11.3 Å². The Morgan fingerprint density at radius 2 is 2.33 bits per heavy atom. The Labute approximate surface area is 89.1 Å². The van der Waals surface area contributed by atoms with E-state index in [9.17, 15) is 9.90 Å². The first kappa shape index (κ1) is 9.55. The van der Waals surface area contributed by atoms with Crippen LogP contribution in [0, 0.1) is 11.3 Å². The monoisotopic (exact) mass is 208 g/mol. The summed E-state index contributed by atoms with van der Waals surface area (Å²) in [5.41, 5.74) is -0.482. The normalized spacial score (nSPS) is 48.9. The molecule has 0 aromatic carbocycles. The van der Waals surface area contributed by atoms with Crippen molar-refractivity contribution in [3.8, 4) is 0 Å². The average Bonchev–Trinajstić information content (AvgIpc) is 2.82. The minimum absolute atomic E-state index is 0.0112. The predicted octanol–water partition coefficient (Wildman–Crippen LogP) is 1.06. The van der Waals surface area contributed by atoms with E-state index in [1.54, 1.807) is 0 Å². The number of aliphatic hydroxyl groups excluding tert-OH is 1. The largest absolute Gasteiger partial charge is 0.385 e. The fourth-order valence-corrected chi connectivity index (χ4v) is 3.24. The number of aliphatic hydroxyl groups is 1. The number of fused-ring (bicyclic) bond motifs is 2. The van der Waals surface area contributed by atoms with Gasteiger partial charge >= 0.3 is 0 Å². The molecule has 2 aliphatic carbocycles. The molecule has 1 heterocycles. The molecule has 3 heteroatoms. The van der Waals surface area contributed by atoms with Crippen LogP contribution >= 0.6 is 0 Å². The van der Waals surface area contributed by atoms with Gasteiger partial charge in [-0.05, 0) is 25.7 Å². The van der Waals surface area contributed by atoms with Gasteiger partial charge in [0.25, 0.3) is 0 Å². The zero-order valence-corrected chi connectivity index (χ0v) is 8.69. The number of ether oxygens (including phenoxy) is 1. The Bertz CT molecular complexity index is 317. The molecule has 1 N–H and O–H groups in total. The summed E-state index contributed by atoms with van der Waals surface area (Å²) in [7, 11) is 0. The summed E-state index contributed by atoms with van der Waals surface area (Å²) in [6.45, 7) is 0.758. The van der Waals surface area contributed by atoms with Crippen molar-refractivity contribution in [1.29, 1.82) is 0 Å². The van der Waals surface area contributed by atoms with Crippen LogP contribution in [0.1, 0.15) is 25.7 Å². The Morgan fingerprint density at radius 1 is 1.47 bits per heavy atom. The molecule has 1 aliphatic heterocycles. The Hall–Kier alpha value is -0.670. The second-order valence-corrected chi connectivity index (χ2v) is 4.93. The topological polar surface area (TPSA) is 46.5 Å². The van der Waals surface area contributed by atoms with Crippen LogP contribution in [0.2, 0.25) is 0 Å². The van der Waals surface area contributed by atoms with Crippen molar-refractivity contribution >= 4 is 5.78 Å². The fourth-order valence-electron chi connectivity index (χ4n) is 3.24. The van der Waals surface area contributed by atoms with Crippen LogP contribution in [0.15, 0.2) is 12.2 Å². The van der Waals surface area contributed by atoms with E-state index in [1.807, 2.05) is 12.2 Å². The fraction of sp³-hybridized carbons (Fsp3) is 0.750. The maximum absolute atomic E-state index is 12.0. The quantitative estimate of drug-likeness (QED) is 0.655. The number of rotatable bonds is 1. The maximum atomic E-state index is 12.0. The van der Waals surface area contributed by atoms with E-state index in [2.05, 4.69) is 0 Å². The molecule has 0 aromatic rings. The van der Waals surface area contributed by atoms with Crippen LogP contribution in [0.5, 0.6) is 0 Å². The van der Waals surface area contributed by atoms with Crippen molar-refractivity contribution in [2.45, 2.75) is 37.9 Å². The summed E-state index contributed by atoms with van der Waals surface area (Å²) >= 11 is 0. The molecule has 1 saturated heterocycles. The highest BCUT2D eigenvalue weighted by molar-refractivity contribution is 5.95. The van der Waals surface area contributed by atoms with Crippen LogP contribution in [0.4, 0.5) is 0 Å². The van der Waals surface area contributed by atoms with Gasteiger partial charge in [-0.3, -0.25) is 4.79 Å². The molecule has 0 amide bonds. The lowest BCUT2D eigenvalue weighted by Gasteiger charge is -2.35. The number of hydrogen-bond acceptors (Lipinski definition) is 3. The zero-order chi connectivity index (χ0) is 10.5. The maximum Gasteiger partial charge on any atom is 0.174 e. The van der Waals surface area contributed by atoms with E-state index in [0.29, 0.717) is 0 Å². The molecule has 2 fully saturated rings. The molecule has 82 valence electrons. The van der Waals surface area contributed by atoms with Gasteiger partial charge in [-0.15, -0.1) is 0 Å². The van der Waals surface area contributed by atoms with Gasteiger partial charge in [0.15, 0.2) is 5.78 Å². The second kappa shape index (κ2) is 3.16. The predicted molar refractivity (Wildman–Crippen MR) is 54.3 cm³/mol. The summed E-state index contributed by atoms with van der Waals surface area (Å²) in [5, 5.41) is 9.73. The number of hydrogen-bond donors (Lipinski definition) is 1. The number of Topliss-reactive ketones (excluding diaryl/α,β-unsaturated/α-hetero) is 1. The standard InChI is InChI=1S/C12H16O3/c13-10-8-4-5-12(7-8,11(10)14)9-3-1-2-6-15-9/h4-5,8-10,13H,1-3,6-7H2/t8-,9+,10-,12-/m0/s1. The van der Waals surface area contributed by atoms with E-state index in [0.717, 1.165) is 32.3 Å². The average molecular weight is 208 g/mol. The van der Waals surface area contributed by atoms with E-state index < -0.39 is 11.5 Å². The minimum atomic E-state index is -0.777. The Kier molecular flexibility index (Phi) is 2.01. The molecule has 0 spiro atoms. The molecule has 3 nitrogen and oxygen atoms in total. The Balaban J connectivity index is 1.90. The van der Waals surface area contributed by atoms with Gasteiger partial charge in [-0.1, -0.05) is 12.2 Å². The summed E-state index contributed by atoms with van der Waals surface area (Å²) in [4.78, 5) is 12.0. The Morgan fingerprint density at radius 3 is 2.93 bits per heavy atom. The van der Waals surface area contributed by atoms with Crippen LogP contribution in [0.3, 0.4) is 0 Å². The van der Waals surface area contributed by atoms with E-state index >= 15 is 0 Å². The summed E-state index contributed by atoms with van der Waals surface area (Å²) in [6.07, 6.45) is 7.16. The van der Waals surface area contributed by atoms with Crippen molar-refractivity contribution in [1.82, 2.24) is 0 Å². The van der Waals surface area contributed by atoms with E-state index in [1.165, 1.54) is 0 Å². The lowest BCUT2D eigenvalue weighted by molar-refractivity contribution is -0.140. The molecular formula is C12H16O3. The summed E-state index contributed by atoms with van der Waals surface area (Å²) in [6, 6.07) is 0. The number of ketones is 1. The van der Waals surface area contributed by atoms with Gasteiger partial charge in [-0.25, -0.2) is 0 Å². The van der Waals surface area contributed by atoms with Crippen molar-refractivity contribution in [3.05, 3.63) is 12.2 Å². The third-order valence-corrected chi connectivity index (χ3v) is 4.10. The summed E-state index contributed by atoms with van der Waals surface area (Å²) < 4.78 is 5.72. The highest BCUT2D eigenvalue weighted by Crippen LogP contribution is 2.51. The first-order chi connectivity index (χ1) is 7.24. The molecule has 0 unspecified atom stereocenters. The third kappa shape index (κ3) is 1.16. The summed E-state index contributed by atoms with van der Waals surface area (Å²) in [5.74, 6) is 0.0323. The smallest absolute Gasteiger partial charge is 0.174 e. The lowest BCUT2D eigenvalue weighted by Crippen LogP contribution is -2.43. The molecule has 2 bridgehead atoms. The van der Waals surface area contributed by atoms with Gasteiger partial charge in [0.2, 0.25) is 0 Å². The molecule has 3 aliphatic rings. The van der Waals surface area contributed by atoms with Crippen LogP contribution in [-0.2, 0) is 9.53 Å². The van der Waals surface area contributed by atoms with Gasteiger partial charge in [0.05, 0.1) is 11.5 Å². The molecule has 0 aromatic heterocycles. The first-order valence-corrected chi connectivity index (χ1v) is 5.77. The van der Waals surface area contributed by atoms with Gasteiger partial charge < -0.3 is 9.84 Å². The van der Waals surface area contributed by atoms with Gasteiger partial charge in [0.1, 0.15) is 6.10 Å². The zero-order valence-electron chi connectivity index (χ0n) is 8.69.